The van der Waals surface area contributed by atoms with E-state index in [4.69, 9.17) is 29.0 Å². The summed E-state index contributed by atoms with van der Waals surface area (Å²) in [4.78, 5) is 1.23. The number of nitrogens with two attached hydrogens (primary N) is 1. The van der Waals surface area contributed by atoms with Crippen molar-refractivity contribution >= 4 is 35.0 Å². The number of halogens is 2. The lowest BCUT2D eigenvalue weighted by molar-refractivity contribution is 0.552. The summed E-state index contributed by atoms with van der Waals surface area (Å²) in [6, 6.07) is 14.0. The first-order valence-electron chi connectivity index (χ1n) is 6.18. The van der Waals surface area contributed by atoms with Crippen LogP contribution in [0.1, 0.15) is 17.2 Å². The van der Waals surface area contributed by atoms with Crippen LogP contribution in [0.5, 0.6) is 0 Å². The van der Waals surface area contributed by atoms with Crippen LogP contribution in [-0.4, -0.2) is 6.26 Å². The molecule has 0 radical (unpaired) electrons. The normalized spacial score (nSPS) is 12.4. The molecule has 3 N–H and O–H groups in total. The lowest BCUT2D eigenvalue weighted by Gasteiger charge is -2.18. The summed E-state index contributed by atoms with van der Waals surface area (Å²) in [5.74, 6) is 5.68. The summed E-state index contributed by atoms with van der Waals surface area (Å²) in [6.45, 7) is 0. The molecule has 0 aliphatic rings. The van der Waals surface area contributed by atoms with Gasteiger partial charge >= 0.3 is 0 Å². The van der Waals surface area contributed by atoms with Gasteiger partial charge in [0.1, 0.15) is 0 Å². The maximum absolute atomic E-state index is 6.23. The van der Waals surface area contributed by atoms with Gasteiger partial charge in [-0.15, -0.1) is 11.8 Å². The van der Waals surface area contributed by atoms with E-state index in [0.29, 0.717) is 16.5 Å². The van der Waals surface area contributed by atoms with Crippen LogP contribution in [-0.2, 0) is 6.42 Å². The van der Waals surface area contributed by atoms with Crippen molar-refractivity contribution in [3.8, 4) is 0 Å². The van der Waals surface area contributed by atoms with E-state index < -0.39 is 0 Å². The number of rotatable bonds is 5. The Hall–Kier alpha value is -0.710. The molecule has 2 aromatic carbocycles. The lowest BCUT2D eigenvalue weighted by atomic mass is 9.99. The Balaban J connectivity index is 2.21. The van der Waals surface area contributed by atoms with Crippen LogP contribution in [0, 0.1) is 0 Å². The van der Waals surface area contributed by atoms with Crippen molar-refractivity contribution in [2.45, 2.75) is 17.4 Å². The topological polar surface area (TPSA) is 38.0 Å². The summed E-state index contributed by atoms with van der Waals surface area (Å²) in [5.41, 5.74) is 4.95. The Bertz CT molecular complexity index is 573. The molecule has 2 nitrogen and oxygen atoms in total. The zero-order chi connectivity index (χ0) is 14.5. The highest BCUT2D eigenvalue weighted by molar-refractivity contribution is 7.98. The summed E-state index contributed by atoms with van der Waals surface area (Å²) >= 11 is 14.0. The van der Waals surface area contributed by atoms with Crippen molar-refractivity contribution in [1.82, 2.24) is 5.43 Å². The molecule has 2 rings (SSSR count). The average Bonchev–Trinajstić information content (AvgIpc) is 2.49. The van der Waals surface area contributed by atoms with E-state index in [1.54, 1.807) is 17.8 Å². The zero-order valence-electron chi connectivity index (χ0n) is 11.1. The lowest BCUT2D eigenvalue weighted by Crippen LogP contribution is -2.29. The van der Waals surface area contributed by atoms with E-state index in [1.165, 1.54) is 4.90 Å². The SMILES string of the molecule is CSc1ccc(C(Cc2cccc(Cl)c2Cl)NN)cc1. The van der Waals surface area contributed by atoms with Crippen molar-refractivity contribution in [1.29, 1.82) is 0 Å². The van der Waals surface area contributed by atoms with Gasteiger partial charge in [0.2, 0.25) is 0 Å². The molecular weight excluding hydrogens is 311 g/mol. The van der Waals surface area contributed by atoms with Crippen molar-refractivity contribution < 1.29 is 0 Å². The third-order valence-electron chi connectivity index (χ3n) is 3.17. The van der Waals surface area contributed by atoms with Gasteiger partial charge in [-0.3, -0.25) is 11.3 Å². The summed E-state index contributed by atoms with van der Waals surface area (Å²) < 4.78 is 0. The largest absolute Gasteiger partial charge is 0.271 e. The number of benzene rings is 2. The molecule has 0 amide bonds. The highest BCUT2D eigenvalue weighted by Crippen LogP contribution is 2.29. The van der Waals surface area contributed by atoms with Gasteiger partial charge in [0.15, 0.2) is 0 Å². The average molecular weight is 327 g/mol. The molecule has 1 atom stereocenters. The fraction of sp³-hybridized carbons (Fsp3) is 0.200. The Morgan fingerprint density at radius 3 is 2.45 bits per heavy atom. The van der Waals surface area contributed by atoms with Crippen molar-refractivity contribution in [3.63, 3.8) is 0 Å². The van der Waals surface area contributed by atoms with Crippen LogP contribution in [0.3, 0.4) is 0 Å². The van der Waals surface area contributed by atoms with Gasteiger partial charge < -0.3 is 0 Å². The number of hydrogen-bond donors (Lipinski definition) is 2. The second kappa shape index (κ2) is 7.34. The molecule has 0 saturated heterocycles. The quantitative estimate of drug-likeness (QED) is 0.484. The molecule has 5 heteroatoms. The van der Waals surface area contributed by atoms with Gasteiger partial charge in [0.25, 0.3) is 0 Å². The van der Waals surface area contributed by atoms with E-state index in [-0.39, 0.29) is 6.04 Å². The minimum absolute atomic E-state index is 0.00173. The zero-order valence-corrected chi connectivity index (χ0v) is 13.4. The van der Waals surface area contributed by atoms with E-state index in [9.17, 15) is 0 Å². The number of thioether (sulfide) groups is 1. The van der Waals surface area contributed by atoms with Crippen LogP contribution in [0.15, 0.2) is 47.4 Å². The molecular formula is C15H16Cl2N2S. The first-order valence-corrected chi connectivity index (χ1v) is 8.16. The molecule has 0 aliphatic heterocycles. The molecule has 1 unspecified atom stereocenters. The minimum Gasteiger partial charge on any atom is -0.271 e. The predicted octanol–water partition coefficient (Wildman–Crippen LogP) is 4.46. The predicted molar refractivity (Wildman–Crippen MR) is 88.5 cm³/mol. The number of hydrogen-bond acceptors (Lipinski definition) is 3. The van der Waals surface area contributed by atoms with Crippen molar-refractivity contribution in [3.05, 3.63) is 63.6 Å². The molecule has 20 heavy (non-hydrogen) atoms. The van der Waals surface area contributed by atoms with Crippen LogP contribution in [0.4, 0.5) is 0 Å². The van der Waals surface area contributed by atoms with Gasteiger partial charge in [-0.05, 0) is 42.0 Å². The fourth-order valence-corrected chi connectivity index (χ4v) is 2.84. The second-order valence-electron chi connectivity index (χ2n) is 4.41. The van der Waals surface area contributed by atoms with E-state index in [2.05, 4.69) is 35.9 Å². The van der Waals surface area contributed by atoms with Gasteiger partial charge in [0.05, 0.1) is 16.1 Å². The summed E-state index contributed by atoms with van der Waals surface area (Å²) in [5, 5.41) is 1.16. The standard InChI is InChI=1S/C15H16Cl2N2S/c1-20-12-7-5-10(6-8-12)14(19-18)9-11-3-2-4-13(16)15(11)17/h2-8,14,19H,9,18H2,1H3. The summed E-state index contributed by atoms with van der Waals surface area (Å²) in [6.07, 6.45) is 2.74. The molecule has 106 valence electrons. The maximum Gasteiger partial charge on any atom is 0.0624 e. The maximum atomic E-state index is 6.23. The third-order valence-corrected chi connectivity index (χ3v) is 4.78. The Morgan fingerprint density at radius 2 is 1.85 bits per heavy atom. The molecule has 0 saturated carbocycles. The van der Waals surface area contributed by atoms with Gasteiger partial charge in [-0.1, -0.05) is 47.5 Å². The monoisotopic (exact) mass is 326 g/mol. The Kier molecular flexibility index (Phi) is 5.75. The number of hydrazine groups is 1. The molecule has 2 aromatic rings. The van der Waals surface area contributed by atoms with E-state index in [1.807, 2.05) is 12.1 Å². The van der Waals surface area contributed by atoms with Gasteiger partial charge in [-0.2, -0.15) is 0 Å². The third kappa shape index (κ3) is 3.68. The Labute approximate surface area is 133 Å². The minimum atomic E-state index is 0.00173. The van der Waals surface area contributed by atoms with Crippen LogP contribution in [0.2, 0.25) is 10.0 Å². The van der Waals surface area contributed by atoms with E-state index in [0.717, 1.165) is 11.1 Å². The Morgan fingerprint density at radius 1 is 1.15 bits per heavy atom. The van der Waals surface area contributed by atoms with Crippen LogP contribution in [0.25, 0.3) is 0 Å². The molecule has 0 bridgehead atoms. The number of nitrogens with one attached hydrogen (secondary N) is 1. The van der Waals surface area contributed by atoms with Crippen LogP contribution >= 0.6 is 35.0 Å². The fourth-order valence-electron chi connectivity index (χ4n) is 2.04. The first kappa shape index (κ1) is 15.7. The second-order valence-corrected chi connectivity index (χ2v) is 6.07. The highest BCUT2D eigenvalue weighted by Gasteiger charge is 2.13. The van der Waals surface area contributed by atoms with Gasteiger partial charge in [-0.25, -0.2) is 0 Å². The highest BCUT2D eigenvalue weighted by atomic mass is 35.5. The molecule has 0 fully saturated rings. The van der Waals surface area contributed by atoms with Gasteiger partial charge in [0, 0.05) is 4.90 Å². The first-order chi connectivity index (χ1) is 9.65. The summed E-state index contributed by atoms with van der Waals surface area (Å²) in [7, 11) is 0. The molecule has 0 spiro atoms. The molecule has 0 aromatic heterocycles. The molecule has 0 aliphatic carbocycles. The van der Waals surface area contributed by atoms with Crippen molar-refractivity contribution in [2.24, 2.45) is 5.84 Å². The van der Waals surface area contributed by atoms with Crippen molar-refractivity contribution in [2.75, 3.05) is 6.26 Å². The molecule has 0 heterocycles. The van der Waals surface area contributed by atoms with Crippen LogP contribution < -0.4 is 11.3 Å². The smallest absolute Gasteiger partial charge is 0.0624 e. The van der Waals surface area contributed by atoms with E-state index >= 15 is 0 Å².